The zero-order chi connectivity index (χ0) is 24.4. The lowest BCUT2D eigenvalue weighted by Gasteiger charge is -2.25. The monoisotopic (exact) mass is 517 g/mol. The molecule has 184 valence electrons. The van der Waals surface area contributed by atoms with Crippen LogP contribution in [0.25, 0.3) is 10.2 Å². The summed E-state index contributed by atoms with van der Waals surface area (Å²) >= 11 is 3.06. The fourth-order valence-corrected chi connectivity index (χ4v) is 6.58. The quantitative estimate of drug-likeness (QED) is 0.215. The van der Waals surface area contributed by atoms with Gasteiger partial charge in [0.2, 0.25) is 11.7 Å². The number of thioether (sulfide) groups is 1. The molecule has 2 aromatic heterocycles. The van der Waals surface area contributed by atoms with Crippen LogP contribution in [0.15, 0.2) is 23.2 Å². The van der Waals surface area contributed by atoms with E-state index in [1.807, 2.05) is 0 Å². The summed E-state index contributed by atoms with van der Waals surface area (Å²) in [6, 6.07) is 3.31. The molecule has 5 rings (SSSR count). The first-order valence-corrected chi connectivity index (χ1v) is 13.3. The number of fused-ring (bicyclic) bond motifs is 3. The van der Waals surface area contributed by atoms with Crippen molar-refractivity contribution in [1.29, 1.82) is 0 Å². The largest absolute Gasteiger partial charge is 0.379 e. The number of nitrogens with one attached hydrogen (secondary N) is 1. The molecular weight excluding hydrogens is 493 g/mol. The average Bonchev–Trinajstić information content (AvgIpc) is 3.23. The third kappa shape index (κ3) is 5.45. The lowest BCUT2D eigenvalue weighted by atomic mass is 9.97. The van der Waals surface area contributed by atoms with Gasteiger partial charge in [0.15, 0.2) is 0 Å². The molecule has 0 unspecified atom stereocenters. The number of anilines is 1. The fourth-order valence-electron chi connectivity index (χ4n) is 4.36. The number of benzene rings is 1. The minimum absolute atomic E-state index is 0.0684. The zero-order valence-electron chi connectivity index (χ0n) is 18.9. The summed E-state index contributed by atoms with van der Waals surface area (Å²) in [6.07, 6.45) is 4.33. The maximum Gasteiger partial charge on any atom is 0.306 e. The molecule has 1 aliphatic heterocycles. The molecular formula is C23H24FN5O4S2. The maximum atomic E-state index is 13.6. The molecule has 3 aromatic rings. The van der Waals surface area contributed by atoms with Crippen molar-refractivity contribution in [2.24, 2.45) is 0 Å². The molecule has 1 aromatic carbocycles. The van der Waals surface area contributed by atoms with E-state index in [1.165, 1.54) is 34.7 Å². The van der Waals surface area contributed by atoms with Crippen molar-refractivity contribution < 1.29 is 18.8 Å². The predicted molar refractivity (Wildman–Crippen MR) is 133 cm³/mol. The van der Waals surface area contributed by atoms with Crippen LogP contribution in [-0.2, 0) is 28.9 Å². The summed E-state index contributed by atoms with van der Waals surface area (Å²) in [5.74, 6) is -0.490. The van der Waals surface area contributed by atoms with E-state index in [4.69, 9.17) is 14.7 Å². The van der Waals surface area contributed by atoms with Crippen LogP contribution in [0.5, 0.6) is 0 Å². The van der Waals surface area contributed by atoms with Gasteiger partial charge < -0.3 is 10.1 Å². The maximum absolute atomic E-state index is 13.6. The van der Waals surface area contributed by atoms with Crippen LogP contribution in [0.1, 0.15) is 29.1 Å². The highest BCUT2D eigenvalue weighted by molar-refractivity contribution is 8.00. The van der Waals surface area contributed by atoms with Crippen LogP contribution >= 0.6 is 23.1 Å². The van der Waals surface area contributed by atoms with Gasteiger partial charge >= 0.3 is 5.69 Å². The Morgan fingerprint density at radius 3 is 2.86 bits per heavy atom. The fraction of sp³-hybridized carbons (Fsp3) is 0.435. The highest BCUT2D eigenvalue weighted by atomic mass is 32.2. The second-order valence-corrected chi connectivity index (χ2v) is 10.5. The SMILES string of the molecule is O=C(CSc1nc(CN2CCOCC2)nc2sc3c(c12)CCCC3)Nc1ccc(F)c([N+](=O)[O-])c1. The molecule has 35 heavy (non-hydrogen) atoms. The smallest absolute Gasteiger partial charge is 0.306 e. The number of carbonyl (C=O) groups is 1. The molecule has 1 saturated heterocycles. The Morgan fingerprint density at radius 2 is 2.06 bits per heavy atom. The lowest BCUT2D eigenvalue weighted by molar-refractivity contribution is -0.387. The molecule has 1 N–H and O–H groups in total. The topological polar surface area (TPSA) is 110 Å². The number of nitro groups is 1. The summed E-state index contributed by atoms with van der Waals surface area (Å²) in [4.78, 5) is 37.2. The average molecular weight is 518 g/mol. The van der Waals surface area contributed by atoms with Crippen LogP contribution in [0.4, 0.5) is 15.8 Å². The van der Waals surface area contributed by atoms with Crippen molar-refractivity contribution in [1.82, 2.24) is 14.9 Å². The number of nitrogens with zero attached hydrogens (tertiary/aromatic N) is 4. The number of ether oxygens (including phenoxy) is 1. The standard InChI is InChI=1S/C23H24FN5O4S2/c24-16-6-5-14(11-17(16)29(31)32)25-20(30)13-34-22-21-15-3-1-2-4-18(15)35-23(21)27-19(26-22)12-28-7-9-33-10-8-28/h5-6,11H,1-4,7-10,12-13H2,(H,25,30). The van der Waals surface area contributed by atoms with E-state index in [-0.39, 0.29) is 17.3 Å². The normalized spacial score (nSPS) is 16.3. The zero-order valence-corrected chi connectivity index (χ0v) is 20.6. The van der Waals surface area contributed by atoms with Gasteiger partial charge in [-0.05, 0) is 43.4 Å². The number of morpholine rings is 1. The van der Waals surface area contributed by atoms with Gasteiger partial charge in [0.1, 0.15) is 15.7 Å². The van der Waals surface area contributed by atoms with Crippen LogP contribution in [0.2, 0.25) is 0 Å². The van der Waals surface area contributed by atoms with E-state index in [1.54, 1.807) is 11.3 Å². The summed E-state index contributed by atoms with van der Waals surface area (Å²) in [6.45, 7) is 3.67. The summed E-state index contributed by atoms with van der Waals surface area (Å²) in [5, 5.41) is 15.4. The molecule has 0 bridgehead atoms. The number of thiophene rings is 1. The second-order valence-electron chi connectivity index (χ2n) is 8.48. The van der Waals surface area contributed by atoms with E-state index in [9.17, 15) is 19.3 Å². The predicted octanol–water partition coefficient (Wildman–Crippen LogP) is 4.18. The first-order valence-electron chi connectivity index (χ1n) is 11.5. The molecule has 2 aliphatic rings. The van der Waals surface area contributed by atoms with Crippen LogP contribution < -0.4 is 5.32 Å². The number of hydrogen-bond acceptors (Lipinski definition) is 9. The Morgan fingerprint density at radius 1 is 1.26 bits per heavy atom. The van der Waals surface area contributed by atoms with Crippen molar-refractivity contribution in [2.45, 2.75) is 37.3 Å². The molecule has 0 radical (unpaired) electrons. The molecule has 1 amide bonds. The molecule has 1 fully saturated rings. The number of halogens is 1. The molecule has 1 aliphatic carbocycles. The van der Waals surface area contributed by atoms with Gasteiger partial charge in [0.25, 0.3) is 0 Å². The van der Waals surface area contributed by atoms with E-state index in [0.717, 1.165) is 65.6 Å². The molecule has 9 nitrogen and oxygen atoms in total. The number of nitro benzene ring substituents is 1. The lowest BCUT2D eigenvalue weighted by Crippen LogP contribution is -2.36. The van der Waals surface area contributed by atoms with E-state index in [0.29, 0.717) is 19.8 Å². The van der Waals surface area contributed by atoms with Gasteiger partial charge in [0.05, 0.1) is 30.4 Å². The number of amides is 1. The Labute approximate surface area is 209 Å². The van der Waals surface area contributed by atoms with Crippen molar-refractivity contribution in [3.05, 3.63) is 50.4 Å². The summed E-state index contributed by atoms with van der Waals surface area (Å²) < 4.78 is 19.0. The number of rotatable bonds is 7. The number of aromatic nitrogens is 2. The highest BCUT2D eigenvalue weighted by Crippen LogP contribution is 2.40. The number of hydrogen-bond donors (Lipinski definition) is 1. The van der Waals surface area contributed by atoms with E-state index >= 15 is 0 Å². The minimum Gasteiger partial charge on any atom is -0.379 e. The highest BCUT2D eigenvalue weighted by Gasteiger charge is 2.23. The molecule has 0 saturated carbocycles. The van der Waals surface area contributed by atoms with Crippen molar-refractivity contribution in [3.63, 3.8) is 0 Å². The summed E-state index contributed by atoms with van der Waals surface area (Å²) in [7, 11) is 0. The number of aryl methyl sites for hydroxylation is 2. The van der Waals surface area contributed by atoms with Crippen molar-refractivity contribution in [3.8, 4) is 0 Å². The van der Waals surface area contributed by atoms with E-state index in [2.05, 4.69) is 10.2 Å². The molecule has 0 atom stereocenters. The Kier molecular flexibility index (Phi) is 7.23. The Balaban J connectivity index is 1.37. The minimum atomic E-state index is -0.944. The van der Waals surface area contributed by atoms with Gasteiger partial charge in [-0.15, -0.1) is 11.3 Å². The van der Waals surface area contributed by atoms with Gasteiger partial charge in [0, 0.05) is 35.1 Å². The second kappa shape index (κ2) is 10.5. The first kappa shape index (κ1) is 24.0. The Hall–Kier alpha value is -2.67. The van der Waals surface area contributed by atoms with Crippen LogP contribution in [0.3, 0.4) is 0 Å². The van der Waals surface area contributed by atoms with Crippen LogP contribution in [0, 0.1) is 15.9 Å². The Bertz CT molecular complexity index is 1280. The first-order chi connectivity index (χ1) is 17.0. The van der Waals surface area contributed by atoms with Gasteiger partial charge in [-0.1, -0.05) is 11.8 Å². The summed E-state index contributed by atoms with van der Waals surface area (Å²) in [5.41, 5.74) is 0.800. The van der Waals surface area contributed by atoms with Crippen molar-refractivity contribution >= 4 is 50.6 Å². The molecule has 0 spiro atoms. The van der Waals surface area contributed by atoms with Gasteiger partial charge in [-0.3, -0.25) is 19.8 Å². The van der Waals surface area contributed by atoms with Gasteiger partial charge in [-0.25, -0.2) is 9.97 Å². The third-order valence-electron chi connectivity index (χ3n) is 6.06. The van der Waals surface area contributed by atoms with E-state index < -0.39 is 16.4 Å². The molecule has 3 heterocycles. The third-order valence-corrected chi connectivity index (χ3v) is 8.22. The van der Waals surface area contributed by atoms with Crippen LogP contribution in [-0.4, -0.2) is 57.8 Å². The molecule has 12 heteroatoms. The number of carbonyl (C=O) groups excluding carboxylic acids is 1. The van der Waals surface area contributed by atoms with Gasteiger partial charge in [-0.2, -0.15) is 4.39 Å². The van der Waals surface area contributed by atoms with Crippen molar-refractivity contribution in [2.75, 3.05) is 37.4 Å².